The fourth-order valence-corrected chi connectivity index (χ4v) is 3.91. The summed E-state index contributed by atoms with van der Waals surface area (Å²) in [5, 5.41) is 17.6. The summed E-state index contributed by atoms with van der Waals surface area (Å²) in [6, 6.07) is 0.108. The summed E-state index contributed by atoms with van der Waals surface area (Å²) in [4.78, 5) is 32.9. The van der Waals surface area contributed by atoms with E-state index < -0.39 is 12.1 Å². The van der Waals surface area contributed by atoms with Crippen molar-refractivity contribution in [2.24, 2.45) is 22.9 Å². The van der Waals surface area contributed by atoms with Crippen molar-refractivity contribution in [3.8, 4) is 0 Å². The van der Waals surface area contributed by atoms with Crippen LogP contribution in [0.1, 0.15) is 53.4 Å². The monoisotopic (exact) mass is 468 g/mol. The number of carbonyl (C=O) groups excluding carboxylic acids is 2. The SMILES string of the molecule is CCOC(=O)[C@@H]1C[C@@H]([C@@H](NC(C)=O)C(CC)CC)[C@H](NC=NNC)C1.O=C(O)C(F)(F)F. The average molecular weight is 469 g/mol. The zero-order valence-corrected chi connectivity index (χ0v) is 19.2. The van der Waals surface area contributed by atoms with Gasteiger partial charge in [0.25, 0.3) is 0 Å². The van der Waals surface area contributed by atoms with E-state index in [1.807, 2.05) is 6.92 Å². The minimum atomic E-state index is -5.08. The molecule has 12 heteroatoms. The van der Waals surface area contributed by atoms with Crippen LogP contribution < -0.4 is 16.1 Å². The lowest BCUT2D eigenvalue weighted by Crippen LogP contribution is -2.49. The number of nitrogens with zero attached hydrogens (tertiary/aromatic N) is 1. The number of carboxylic acid groups (broad SMARTS) is 1. The van der Waals surface area contributed by atoms with Crippen molar-refractivity contribution in [1.29, 1.82) is 0 Å². The van der Waals surface area contributed by atoms with Gasteiger partial charge in [-0.15, -0.1) is 0 Å². The van der Waals surface area contributed by atoms with Gasteiger partial charge in [-0.1, -0.05) is 26.7 Å². The lowest BCUT2D eigenvalue weighted by atomic mass is 9.81. The van der Waals surface area contributed by atoms with Gasteiger partial charge in [0.1, 0.15) is 6.34 Å². The molecule has 0 saturated heterocycles. The molecule has 1 aliphatic carbocycles. The third kappa shape index (κ3) is 10.2. The molecule has 0 bridgehead atoms. The number of rotatable bonds is 10. The number of hydrogen-bond donors (Lipinski definition) is 4. The number of ether oxygens (including phenoxy) is 1. The van der Waals surface area contributed by atoms with Gasteiger partial charge in [0.05, 0.1) is 12.5 Å². The molecule has 1 rings (SSSR count). The van der Waals surface area contributed by atoms with Crippen molar-refractivity contribution in [2.75, 3.05) is 13.7 Å². The van der Waals surface area contributed by atoms with Crippen LogP contribution in [-0.2, 0) is 19.1 Å². The summed E-state index contributed by atoms with van der Waals surface area (Å²) in [6.45, 7) is 8.06. The van der Waals surface area contributed by atoms with E-state index >= 15 is 0 Å². The highest BCUT2D eigenvalue weighted by Crippen LogP contribution is 2.37. The van der Waals surface area contributed by atoms with Crippen LogP contribution in [0.15, 0.2) is 5.10 Å². The van der Waals surface area contributed by atoms with Gasteiger partial charge in [0, 0.05) is 32.0 Å². The number of hydrazone groups is 1. The van der Waals surface area contributed by atoms with Crippen molar-refractivity contribution in [3.05, 3.63) is 0 Å². The fraction of sp³-hybridized carbons (Fsp3) is 0.800. The van der Waals surface area contributed by atoms with Crippen molar-refractivity contribution >= 4 is 24.2 Å². The quantitative estimate of drug-likeness (QED) is 0.168. The molecule has 0 aromatic carbocycles. The first-order valence-electron chi connectivity index (χ1n) is 10.6. The second-order valence-corrected chi connectivity index (χ2v) is 7.44. The molecular weight excluding hydrogens is 433 g/mol. The molecule has 0 aliphatic heterocycles. The Morgan fingerprint density at radius 2 is 1.75 bits per heavy atom. The van der Waals surface area contributed by atoms with E-state index in [0.717, 1.165) is 12.8 Å². The van der Waals surface area contributed by atoms with Gasteiger partial charge in [0.2, 0.25) is 5.91 Å². The van der Waals surface area contributed by atoms with Gasteiger partial charge in [-0.25, -0.2) is 4.79 Å². The molecule has 0 aromatic rings. The minimum Gasteiger partial charge on any atom is -0.475 e. The Kier molecular flexibility index (Phi) is 13.4. The molecule has 1 saturated carbocycles. The third-order valence-electron chi connectivity index (χ3n) is 5.34. The second-order valence-electron chi connectivity index (χ2n) is 7.44. The molecule has 186 valence electrons. The smallest absolute Gasteiger partial charge is 0.475 e. The summed E-state index contributed by atoms with van der Waals surface area (Å²) in [5.74, 6) is -2.54. The molecule has 9 nitrogen and oxygen atoms in total. The molecule has 4 atom stereocenters. The Morgan fingerprint density at radius 1 is 1.19 bits per heavy atom. The summed E-state index contributed by atoms with van der Waals surface area (Å²) in [5.41, 5.74) is 2.71. The molecule has 1 amide bonds. The third-order valence-corrected chi connectivity index (χ3v) is 5.34. The molecule has 1 aliphatic rings. The Hall–Kier alpha value is -2.53. The van der Waals surface area contributed by atoms with Crippen molar-refractivity contribution in [3.63, 3.8) is 0 Å². The van der Waals surface area contributed by atoms with E-state index in [1.165, 1.54) is 0 Å². The molecule has 0 spiro atoms. The van der Waals surface area contributed by atoms with E-state index in [9.17, 15) is 22.8 Å². The first kappa shape index (κ1) is 29.5. The molecule has 0 radical (unpaired) electrons. The molecule has 4 N–H and O–H groups in total. The fourth-order valence-electron chi connectivity index (χ4n) is 3.91. The molecule has 32 heavy (non-hydrogen) atoms. The maximum atomic E-state index is 12.2. The predicted octanol–water partition coefficient (Wildman–Crippen LogP) is 2.27. The summed E-state index contributed by atoms with van der Waals surface area (Å²) < 4.78 is 37.0. The first-order chi connectivity index (χ1) is 14.9. The highest BCUT2D eigenvalue weighted by atomic mass is 19.4. The van der Waals surface area contributed by atoms with Crippen molar-refractivity contribution < 1.29 is 37.4 Å². The number of esters is 1. The van der Waals surface area contributed by atoms with E-state index in [1.54, 1.807) is 20.3 Å². The summed E-state index contributed by atoms with van der Waals surface area (Å²) >= 11 is 0. The van der Waals surface area contributed by atoms with E-state index in [-0.39, 0.29) is 35.8 Å². The Morgan fingerprint density at radius 3 is 2.16 bits per heavy atom. The van der Waals surface area contributed by atoms with Crippen LogP contribution in [0.3, 0.4) is 0 Å². The number of hydrogen-bond acceptors (Lipinski definition) is 6. The van der Waals surface area contributed by atoms with Gasteiger partial charge in [0.15, 0.2) is 0 Å². The number of alkyl halides is 3. The topological polar surface area (TPSA) is 129 Å². The number of nitrogens with one attached hydrogen (secondary N) is 3. The Balaban J connectivity index is 0.00000118. The normalized spacial score (nSPS) is 21.5. The van der Waals surface area contributed by atoms with E-state index in [0.29, 0.717) is 25.4 Å². The predicted molar refractivity (Wildman–Crippen MR) is 113 cm³/mol. The maximum absolute atomic E-state index is 12.2. The van der Waals surface area contributed by atoms with Crippen LogP contribution in [0.2, 0.25) is 0 Å². The van der Waals surface area contributed by atoms with E-state index in [2.05, 4.69) is 35.0 Å². The molecule has 0 unspecified atom stereocenters. The van der Waals surface area contributed by atoms with Gasteiger partial charge in [-0.2, -0.15) is 18.3 Å². The van der Waals surface area contributed by atoms with Gasteiger partial charge in [-0.3, -0.25) is 9.59 Å². The Labute approximate surface area is 186 Å². The Bertz CT molecular complexity index is 627. The standard InChI is InChI=1S/C18H34N4O3.C2HF3O2/c1-6-13(7-2)17(22-12(4)23)15-9-14(18(24)25-8-3)10-16(15)20-11-21-19-5;3-2(4,5)1(6)7/h11,13-17,19H,6-10H2,1-5H3,(H,20,21)(H,22,23);(H,6,7)/t14-,15-,16-,17+;/m1./s1. The van der Waals surface area contributed by atoms with Crippen LogP contribution in [0.4, 0.5) is 13.2 Å². The molecular formula is C20H35F3N4O5. The molecule has 1 fully saturated rings. The van der Waals surface area contributed by atoms with Crippen molar-refractivity contribution in [1.82, 2.24) is 16.1 Å². The van der Waals surface area contributed by atoms with Gasteiger partial charge < -0.3 is 25.9 Å². The summed E-state index contributed by atoms with van der Waals surface area (Å²) in [6.07, 6.45) is -0.0809. The first-order valence-corrected chi connectivity index (χ1v) is 10.6. The average Bonchev–Trinajstić information content (AvgIpc) is 3.12. The number of aliphatic carboxylic acids is 1. The highest BCUT2D eigenvalue weighted by molar-refractivity contribution is 5.74. The zero-order valence-electron chi connectivity index (χ0n) is 19.2. The largest absolute Gasteiger partial charge is 0.490 e. The van der Waals surface area contributed by atoms with Gasteiger partial charge in [-0.05, 0) is 25.7 Å². The van der Waals surface area contributed by atoms with E-state index in [4.69, 9.17) is 14.6 Å². The minimum absolute atomic E-state index is 0.0286. The molecule has 0 heterocycles. The van der Waals surface area contributed by atoms with Crippen LogP contribution >= 0.6 is 0 Å². The number of carboxylic acids is 1. The second kappa shape index (κ2) is 14.5. The van der Waals surface area contributed by atoms with Crippen LogP contribution in [0.25, 0.3) is 0 Å². The molecule has 0 aromatic heterocycles. The number of halogens is 3. The summed E-state index contributed by atoms with van der Waals surface area (Å²) in [7, 11) is 1.73. The zero-order chi connectivity index (χ0) is 24.9. The van der Waals surface area contributed by atoms with Gasteiger partial charge >= 0.3 is 18.1 Å². The lowest BCUT2D eigenvalue weighted by Gasteiger charge is -2.34. The van der Waals surface area contributed by atoms with Crippen LogP contribution in [0, 0.1) is 17.8 Å². The number of carbonyl (C=O) groups is 3. The van der Waals surface area contributed by atoms with Crippen molar-refractivity contribution in [2.45, 2.75) is 71.6 Å². The van der Waals surface area contributed by atoms with Crippen LogP contribution in [-0.4, -0.2) is 61.2 Å². The number of amides is 1. The highest BCUT2D eigenvalue weighted by Gasteiger charge is 2.44. The van der Waals surface area contributed by atoms with Crippen LogP contribution in [0.5, 0.6) is 0 Å². The maximum Gasteiger partial charge on any atom is 0.490 e. The lowest BCUT2D eigenvalue weighted by molar-refractivity contribution is -0.192.